The molecular weight excluding hydrogens is 353 g/mol. The summed E-state index contributed by atoms with van der Waals surface area (Å²) in [6.07, 6.45) is 11.9. The first-order valence-electron chi connectivity index (χ1n) is 9.16. The molecule has 2 heterocycles. The van der Waals surface area contributed by atoms with Crippen LogP contribution in [0.5, 0.6) is 0 Å². The monoisotopic (exact) mass is 375 g/mol. The molecule has 5 heteroatoms. The van der Waals surface area contributed by atoms with Gasteiger partial charge in [-0.05, 0) is 69.0 Å². The number of halogens is 2. The first-order valence-corrected chi connectivity index (χ1v) is 9.92. The SMILES string of the molecule is Clc1ccc(-n2ncc3c2CCC/C3=C/CN2CCCCC2)cc1Cl. The van der Waals surface area contributed by atoms with Crippen molar-refractivity contribution in [1.29, 1.82) is 0 Å². The van der Waals surface area contributed by atoms with Crippen molar-refractivity contribution in [1.82, 2.24) is 14.7 Å². The Bertz CT molecular complexity index is 788. The van der Waals surface area contributed by atoms with Crippen molar-refractivity contribution in [2.75, 3.05) is 19.6 Å². The zero-order valence-electron chi connectivity index (χ0n) is 14.3. The van der Waals surface area contributed by atoms with E-state index in [1.165, 1.54) is 55.6 Å². The predicted molar refractivity (Wildman–Crippen MR) is 105 cm³/mol. The quantitative estimate of drug-likeness (QED) is 0.717. The number of hydrogen-bond donors (Lipinski definition) is 0. The largest absolute Gasteiger partial charge is 0.300 e. The number of fused-ring (bicyclic) bond motifs is 1. The van der Waals surface area contributed by atoms with Crippen molar-refractivity contribution in [2.24, 2.45) is 0 Å². The third-order valence-corrected chi connectivity index (χ3v) is 6.01. The average molecular weight is 376 g/mol. The molecule has 0 spiro atoms. The molecule has 3 nitrogen and oxygen atoms in total. The summed E-state index contributed by atoms with van der Waals surface area (Å²) in [5.74, 6) is 0. The highest BCUT2D eigenvalue weighted by atomic mass is 35.5. The second-order valence-electron chi connectivity index (χ2n) is 6.96. The number of benzene rings is 1. The van der Waals surface area contributed by atoms with Crippen molar-refractivity contribution >= 4 is 28.8 Å². The molecule has 1 saturated heterocycles. The lowest BCUT2D eigenvalue weighted by molar-refractivity contribution is 0.251. The number of rotatable bonds is 3. The summed E-state index contributed by atoms with van der Waals surface area (Å²) in [7, 11) is 0. The summed E-state index contributed by atoms with van der Waals surface area (Å²) in [4.78, 5) is 2.56. The van der Waals surface area contributed by atoms with E-state index < -0.39 is 0 Å². The van der Waals surface area contributed by atoms with Crippen LogP contribution in [-0.2, 0) is 6.42 Å². The van der Waals surface area contributed by atoms with Crippen LogP contribution < -0.4 is 0 Å². The fourth-order valence-electron chi connectivity index (χ4n) is 3.90. The molecule has 0 radical (unpaired) electrons. The van der Waals surface area contributed by atoms with Gasteiger partial charge in [0.15, 0.2) is 0 Å². The second-order valence-corrected chi connectivity index (χ2v) is 7.77. The van der Waals surface area contributed by atoms with E-state index in [0.29, 0.717) is 10.0 Å². The van der Waals surface area contributed by atoms with Crippen molar-refractivity contribution in [3.63, 3.8) is 0 Å². The minimum Gasteiger partial charge on any atom is -0.300 e. The number of allylic oxidation sites excluding steroid dienone is 1. The molecule has 0 N–H and O–H groups in total. The zero-order valence-corrected chi connectivity index (χ0v) is 15.9. The van der Waals surface area contributed by atoms with Crippen LogP contribution in [-0.4, -0.2) is 34.3 Å². The summed E-state index contributed by atoms with van der Waals surface area (Å²) in [5, 5.41) is 5.79. The Morgan fingerprint density at radius 1 is 1.00 bits per heavy atom. The summed E-state index contributed by atoms with van der Waals surface area (Å²) < 4.78 is 2.02. The van der Waals surface area contributed by atoms with Gasteiger partial charge in [0.1, 0.15) is 0 Å². The summed E-state index contributed by atoms with van der Waals surface area (Å²) in [6.45, 7) is 3.53. The fraction of sp³-hybridized carbons (Fsp3) is 0.450. The van der Waals surface area contributed by atoms with E-state index in [2.05, 4.69) is 16.1 Å². The van der Waals surface area contributed by atoms with E-state index in [-0.39, 0.29) is 0 Å². The van der Waals surface area contributed by atoms with E-state index >= 15 is 0 Å². The van der Waals surface area contributed by atoms with Gasteiger partial charge in [-0.3, -0.25) is 4.90 Å². The van der Waals surface area contributed by atoms with Crippen LogP contribution in [0, 0.1) is 0 Å². The van der Waals surface area contributed by atoms with Crippen LogP contribution in [0.25, 0.3) is 11.3 Å². The molecular formula is C20H23Cl2N3. The Morgan fingerprint density at radius 3 is 2.64 bits per heavy atom. The van der Waals surface area contributed by atoms with Gasteiger partial charge in [-0.2, -0.15) is 5.10 Å². The molecule has 1 aliphatic heterocycles. The minimum absolute atomic E-state index is 0.570. The molecule has 1 fully saturated rings. The molecule has 1 aromatic carbocycles. The fourth-order valence-corrected chi connectivity index (χ4v) is 4.19. The van der Waals surface area contributed by atoms with E-state index in [9.17, 15) is 0 Å². The number of piperidine rings is 1. The van der Waals surface area contributed by atoms with E-state index in [4.69, 9.17) is 23.2 Å². The summed E-state index contributed by atoms with van der Waals surface area (Å²) in [6, 6.07) is 5.71. The Kier molecular flexibility index (Phi) is 5.16. The van der Waals surface area contributed by atoms with Gasteiger partial charge in [-0.25, -0.2) is 4.68 Å². The molecule has 2 aliphatic rings. The molecule has 1 aliphatic carbocycles. The number of aromatic nitrogens is 2. The molecule has 132 valence electrons. The van der Waals surface area contributed by atoms with Gasteiger partial charge in [0.2, 0.25) is 0 Å². The van der Waals surface area contributed by atoms with Gasteiger partial charge in [-0.1, -0.05) is 35.7 Å². The van der Waals surface area contributed by atoms with Crippen LogP contribution >= 0.6 is 23.2 Å². The highest BCUT2D eigenvalue weighted by Gasteiger charge is 2.20. The Hall–Kier alpha value is -1.29. The van der Waals surface area contributed by atoms with Crippen molar-refractivity contribution in [3.05, 3.63) is 51.8 Å². The van der Waals surface area contributed by atoms with Crippen molar-refractivity contribution in [3.8, 4) is 5.69 Å². The molecule has 0 atom stereocenters. The number of hydrogen-bond acceptors (Lipinski definition) is 2. The molecule has 0 unspecified atom stereocenters. The van der Waals surface area contributed by atoms with Crippen molar-refractivity contribution in [2.45, 2.75) is 38.5 Å². The van der Waals surface area contributed by atoms with Gasteiger partial charge in [0, 0.05) is 12.1 Å². The lowest BCUT2D eigenvalue weighted by atomic mass is 9.92. The van der Waals surface area contributed by atoms with Crippen LogP contribution in [0.15, 0.2) is 30.5 Å². The average Bonchev–Trinajstić information content (AvgIpc) is 3.08. The minimum atomic E-state index is 0.570. The van der Waals surface area contributed by atoms with Crippen LogP contribution in [0.3, 0.4) is 0 Å². The molecule has 4 rings (SSSR count). The zero-order chi connectivity index (χ0) is 17.2. The van der Waals surface area contributed by atoms with E-state index in [1.54, 1.807) is 0 Å². The molecule has 2 aromatic rings. The Morgan fingerprint density at radius 2 is 1.84 bits per heavy atom. The Labute approximate surface area is 159 Å². The smallest absolute Gasteiger partial charge is 0.0664 e. The lowest BCUT2D eigenvalue weighted by Gasteiger charge is -2.26. The van der Waals surface area contributed by atoms with Crippen LogP contribution in [0.1, 0.15) is 43.4 Å². The number of nitrogens with zero attached hydrogens (tertiary/aromatic N) is 3. The van der Waals surface area contributed by atoms with Crippen LogP contribution in [0.4, 0.5) is 0 Å². The first-order chi connectivity index (χ1) is 12.2. The standard InChI is InChI=1S/C20H23Cl2N3/c21-18-8-7-16(13-19(18)22)25-20-6-4-5-15(17(20)14-23-25)9-12-24-10-2-1-3-11-24/h7-9,13-14H,1-6,10-12H2/b15-9-. The molecule has 0 bridgehead atoms. The van der Waals surface area contributed by atoms with Crippen LogP contribution in [0.2, 0.25) is 10.0 Å². The van der Waals surface area contributed by atoms with Gasteiger partial charge in [0.25, 0.3) is 0 Å². The van der Waals surface area contributed by atoms with Gasteiger partial charge in [-0.15, -0.1) is 0 Å². The number of likely N-dealkylation sites (tertiary alicyclic amines) is 1. The summed E-state index contributed by atoms with van der Waals surface area (Å²) >= 11 is 12.2. The van der Waals surface area contributed by atoms with E-state index in [0.717, 1.165) is 25.1 Å². The normalized spacial score (nSPS) is 20.0. The molecule has 1 aromatic heterocycles. The topological polar surface area (TPSA) is 21.1 Å². The first kappa shape index (κ1) is 17.1. The molecule has 25 heavy (non-hydrogen) atoms. The maximum Gasteiger partial charge on any atom is 0.0664 e. The molecule has 0 amide bonds. The van der Waals surface area contributed by atoms with Gasteiger partial charge < -0.3 is 0 Å². The Balaban J connectivity index is 1.60. The highest BCUT2D eigenvalue weighted by Crippen LogP contribution is 2.33. The maximum absolute atomic E-state index is 6.19. The second kappa shape index (κ2) is 7.53. The highest BCUT2D eigenvalue weighted by molar-refractivity contribution is 6.42. The third-order valence-electron chi connectivity index (χ3n) is 5.27. The third kappa shape index (κ3) is 3.64. The van der Waals surface area contributed by atoms with Gasteiger partial charge in [0.05, 0.1) is 27.6 Å². The maximum atomic E-state index is 6.19. The lowest BCUT2D eigenvalue weighted by Crippen LogP contribution is -2.29. The van der Waals surface area contributed by atoms with Crippen molar-refractivity contribution < 1.29 is 0 Å². The van der Waals surface area contributed by atoms with E-state index in [1.807, 2.05) is 29.1 Å². The molecule has 0 saturated carbocycles. The predicted octanol–water partition coefficient (Wildman–Crippen LogP) is 5.38. The van der Waals surface area contributed by atoms with Gasteiger partial charge >= 0.3 is 0 Å². The summed E-state index contributed by atoms with van der Waals surface area (Å²) in [5.41, 5.74) is 5.01.